The number of rotatable bonds is 7. The first-order chi connectivity index (χ1) is 23.7. The Morgan fingerprint density at radius 1 is 1.12 bits per heavy atom. The number of carbonyl (C=O) groups excluding carboxylic acids is 2. The fourth-order valence-corrected chi connectivity index (χ4v) is 7.10. The van der Waals surface area contributed by atoms with Crippen LogP contribution in [0.3, 0.4) is 0 Å². The van der Waals surface area contributed by atoms with Crippen LogP contribution < -0.4 is 20.5 Å². The number of fused-ring (bicyclic) bond motifs is 2. The Labute approximate surface area is 289 Å². The number of amides is 2. The SMILES string of the molecule is CCc1c(N2CCN(C(=O)c3ncnc(C)c3O)[C@H]3CCC[C@H]32)c(=O)c2nc(N(C)C)cnc2n1CC(=O)Nc1ccc(C(F)(F)F)cc1Cl. The second-order valence-corrected chi connectivity index (χ2v) is 12.9. The maximum absolute atomic E-state index is 14.5. The van der Waals surface area contributed by atoms with Crippen LogP contribution in [0, 0.1) is 6.92 Å². The molecule has 1 aliphatic carbocycles. The maximum atomic E-state index is 14.5. The van der Waals surface area contributed by atoms with Gasteiger partial charge in [0.2, 0.25) is 11.3 Å². The van der Waals surface area contributed by atoms with Gasteiger partial charge in [-0.2, -0.15) is 13.2 Å². The highest BCUT2D eigenvalue weighted by Crippen LogP contribution is 2.38. The number of nitrogens with one attached hydrogen (secondary N) is 1. The molecule has 3 aromatic heterocycles. The highest BCUT2D eigenvalue weighted by Gasteiger charge is 2.44. The number of aryl methyl sites for hydroxylation is 1. The molecule has 50 heavy (non-hydrogen) atoms. The molecule has 2 fully saturated rings. The molecule has 1 aromatic carbocycles. The molecule has 0 spiro atoms. The van der Waals surface area contributed by atoms with Crippen LogP contribution in [0.15, 0.2) is 35.5 Å². The van der Waals surface area contributed by atoms with Gasteiger partial charge >= 0.3 is 6.18 Å². The third-order valence-corrected chi connectivity index (χ3v) is 9.59. The zero-order chi connectivity index (χ0) is 36.1. The van der Waals surface area contributed by atoms with Gasteiger partial charge in [0, 0.05) is 38.9 Å². The summed E-state index contributed by atoms with van der Waals surface area (Å²) in [5, 5.41) is 12.9. The predicted octanol–water partition coefficient (Wildman–Crippen LogP) is 4.42. The summed E-state index contributed by atoms with van der Waals surface area (Å²) in [4.78, 5) is 64.3. The summed E-state index contributed by atoms with van der Waals surface area (Å²) in [7, 11) is 3.51. The van der Waals surface area contributed by atoms with Gasteiger partial charge in [0.15, 0.2) is 22.6 Å². The summed E-state index contributed by atoms with van der Waals surface area (Å²) in [5.41, 5.74) is -0.0551. The van der Waals surface area contributed by atoms with Crippen molar-refractivity contribution in [2.24, 2.45) is 0 Å². The molecule has 6 rings (SSSR count). The van der Waals surface area contributed by atoms with Crippen molar-refractivity contribution in [1.82, 2.24) is 29.4 Å². The Bertz CT molecular complexity index is 2060. The number of benzene rings is 1. The molecule has 17 heteroatoms. The first kappa shape index (κ1) is 34.9. The molecule has 2 N–H and O–H groups in total. The van der Waals surface area contributed by atoms with E-state index in [0.717, 1.165) is 24.6 Å². The van der Waals surface area contributed by atoms with Crippen LogP contribution >= 0.6 is 11.6 Å². The summed E-state index contributed by atoms with van der Waals surface area (Å²) in [5.74, 6) is -0.876. The Hall–Kier alpha value is -4.99. The van der Waals surface area contributed by atoms with E-state index in [0.29, 0.717) is 36.5 Å². The number of anilines is 3. The minimum atomic E-state index is -4.61. The number of halogens is 4. The number of nitrogens with zero attached hydrogens (tertiary/aromatic N) is 8. The average Bonchev–Trinajstić information content (AvgIpc) is 3.57. The summed E-state index contributed by atoms with van der Waals surface area (Å²) in [6.45, 7) is 3.60. The minimum Gasteiger partial charge on any atom is -0.504 e. The van der Waals surface area contributed by atoms with Crippen molar-refractivity contribution >= 4 is 51.8 Å². The molecule has 1 saturated carbocycles. The molecule has 2 amide bonds. The van der Waals surface area contributed by atoms with Crippen molar-refractivity contribution in [3.63, 3.8) is 0 Å². The second-order valence-electron chi connectivity index (χ2n) is 12.5. The lowest BCUT2D eigenvalue weighted by molar-refractivity contribution is -0.137. The van der Waals surface area contributed by atoms with Crippen molar-refractivity contribution in [3.8, 4) is 5.75 Å². The van der Waals surface area contributed by atoms with Gasteiger partial charge in [0.1, 0.15) is 24.4 Å². The number of alkyl halides is 3. The summed E-state index contributed by atoms with van der Waals surface area (Å²) >= 11 is 6.13. The number of carbonyl (C=O) groups is 2. The molecule has 0 radical (unpaired) electrons. The van der Waals surface area contributed by atoms with Crippen molar-refractivity contribution in [2.45, 2.75) is 64.3 Å². The first-order valence-electron chi connectivity index (χ1n) is 16.1. The highest BCUT2D eigenvalue weighted by molar-refractivity contribution is 6.33. The molecule has 264 valence electrons. The number of pyridine rings is 1. The van der Waals surface area contributed by atoms with Gasteiger partial charge in [-0.15, -0.1) is 0 Å². The lowest BCUT2D eigenvalue weighted by Gasteiger charge is -2.46. The van der Waals surface area contributed by atoms with Crippen LogP contribution in [-0.2, 0) is 23.9 Å². The second kappa shape index (κ2) is 13.4. The molecular weight excluding hydrogens is 679 g/mol. The first-order valence-corrected chi connectivity index (χ1v) is 16.4. The molecule has 1 saturated heterocycles. The van der Waals surface area contributed by atoms with E-state index in [-0.39, 0.29) is 76.2 Å². The van der Waals surface area contributed by atoms with E-state index < -0.39 is 23.6 Å². The maximum Gasteiger partial charge on any atom is 0.416 e. The monoisotopic (exact) mass is 713 g/mol. The van der Waals surface area contributed by atoms with Crippen molar-refractivity contribution in [3.05, 3.63) is 68.6 Å². The number of hydrogen-bond donors (Lipinski definition) is 2. The van der Waals surface area contributed by atoms with Crippen molar-refractivity contribution < 1.29 is 27.9 Å². The van der Waals surface area contributed by atoms with E-state index in [4.69, 9.17) is 11.6 Å². The average molecular weight is 714 g/mol. The van der Waals surface area contributed by atoms with Gasteiger partial charge < -0.3 is 29.7 Å². The zero-order valence-electron chi connectivity index (χ0n) is 27.8. The summed E-state index contributed by atoms with van der Waals surface area (Å²) < 4.78 is 41.2. The standard InChI is InChI=1S/C33H35ClF3N9O4/c1-5-21-28(44-11-12-45(23-8-6-7-22(23)44)32(50)27-29(48)17(2)39-16-40-27)30(49)26-31(38-14-24(42-26)43(3)4)46(21)15-25(47)41-20-10-9-18(13-19(20)34)33(35,36)37/h9-10,13-14,16,22-23,48H,5-8,11-12,15H2,1-4H3,(H,41,47)/t22-,23+/m1/s1. The molecule has 4 heterocycles. The van der Waals surface area contributed by atoms with Gasteiger partial charge in [-0.05, 0) is 50.8 Å². The molecule has 0 unspecified atom stereocenters. The van der Waals surface area contributed by atoms with Crippen molar-refractivity contribution in [2.75, 3.05) is 42.3 Å². The van der Waals surface area contributed by atoms with Gasteiger partial charge in [0.25, 0.3) is 5.91 Å². The van der Waals surface area contributed by atoms with E-state index >= 15 is 0 Å². The molecule has 0 bridgehead atoms. The Balaban J connectivity index is 1.40. The molecule has 1 aliphatic heterocycles. The fraction of sp³-hybridized carbons (Fsp3) is 0.424. The van der Waals surface area contributed by atoms with Crippen molar-refractivity contribution in [1.29, 1.82) is 0 Å². The van der Waals surface area contributed by atoms with E-state index in [2.05, 4.69) is 25.3 Å². The van der Waals surface area contributed by atoms with E-state index in [9.17, 15) is 32.7 Å². The third-order valence-electron chi connectivity index (χ3n) is 9.27. The lowest BCUT2D eigenvalue weighted by atomic mass is 10.0. The quantitative estimate of drug-likeness (QED) is 0.282. The molecule has 2 aliphatic rings. The van der Waals surface area contributed by atoms with Crippen LogP contribution in [0.5, 0.6) is 5.75 Å². The Morgan fingerprint density at radius 3 is 2.54 bits per heavy atom. The molecule has 4 aromatic rings. The molecule has 13 nitrogen and oxygen atoms in total. The van der Waals surface area contributed by atoms with E-state index in [1.54, 1.807) is 35.4 Å². The van der Waals surface area contributed by atoms with Crippen LogP contribution in [0.2, 0.25) is 5.02 Å². The minimum absolute atomic E-state index is 0.00577. The smallest absolute Gasteiger partial charge is 0.416 e. The third kappa shape index (κ3) is 6.27. The van der Waals surface area contributed by atoms with Gasteiger partial charge in [-0.1, -0.05) is 18.5 Å². The van der Waals surface area contributed by atoms with Crippen LogP contribution in [0.4, 0.5) is 30.4 Å². The predicted molar refractivity (Wildman–Crippen MR) is 181 cm³/mol. The van der Waals surface area contributed by atoms with Crippen LogP contribution in [0.1, 0.15) is 53.6 Å². The summed E-state index contributed by atoms with van der Waals surface area (Å²) in [6, 6.07) is 2.11. The highest BCUT2D eigenvalue weighted by atomic mass is 35.5. The normalized spacial score (nSPS) is 17.6. The number of aromatic hydroxyl groups is 1. The zero-order valence-corrected chi connectivity index (χ0v) is 28.5. The van der Waals surface area contributed by atoms with E-state index in [1.807, 2.05) is 11.8 Å². The fourth-order valence-electron chi connectivity index (χ4n) is 6.87. The number of piperazine rings is 1. The van der Waals surface area contributed by atoms with Gasteiger partial charge in [-0.3, -0.25) is 14.4 Å². The van der Waals surface area contributed by atoms with Gasteiger partial charge in [-0.25, -0.2) is 19.9 Å². The topological polar surface area (TPSA) is 150 Å². The van der Waals surface area contributed by atoms with E-state index in [1.165, 1.54) is 12.5 Å². The summed E-state index contributed by atoms with van der Waals surface area (Å²) in [6.07, 6.45) is 0.572. The number of aromatic nitrogens is 5. The Kier molecular flexibility index (Phi) is 9.33. The molecular formula is C33H35ClF3N9O4. The Morgan fingerprint density at radius 2 is 1.86 bits per heavy atom. The largest absolute Gasteiger partial charge is 0.504 e. The molecule has 2 atom stereocenters. The number of hydrogen-bond acceptors (Lipinski definition) is 10. The lowest BCUT2D eigenvalue weighted by Crippen LogP contribution is -2.60. The van der Waals surface area contributed by atoms with Crippen LogP contribution in [0.25, 0.3) is 11.2 Å². The van der Waals surface area contributed by atoms with Gasteiger partial charge in [0.05, 0.1) is 34.2 Å². The van der Waals surface area contributed by atoms with Crippen LogP contribution in [-0.4, -0.2) is 85.6 Å².